The maximum absolute atomic E-state index is 9.22. The first-order chi connectivity index (χ1) is 12.5. The Balaban J connectivity index is 0. The Labute approximate surface area is 162 Å². The number of allylic oxidation sites excluding steroid dienone is 2. The lowest BCUT2D eigenvalue weighted by Crippen LogP contribution is -2.50. The molecule has 0 aliphatic rings. The quantitative estimate of drug-likeness (QED) is 0.167. The Morgan fingerprint density at radius 1 is 0.769 bits per heavy atom. The Morgan fingerprint density at radius 2 is 1.12 bits per heavy atom. The fraction of sp³-hybridized carbons (Fsp3) is 0.900. The lowest BCUT2D eigenvalue weighted by Gasteiger charge is -1.99. The van der Waals surface area contributed by atoms with Crippen molar-refractivity contribution < 1.29 is 22.9 Å². The van der Waals surface area contributed by atoms with Crippen LogP contribution in [0.5, 0.6) is 0 Å². The molecular weight excluding hydrogens is 350 g/mol. The predicted octanol–water partition coefficient (Wildman–Crippen LogP) is 4.75. The molecule has 0 aromatic carbocycles. The first kappa shape index (κ1) is 27.8. The van der Waals surface area contributed by atoms with E-state index < -0.39 is 10.4 Å². The third kappa shape index (κ3) is 31.4. The van der Waals surface area contributed by atoms with Gasteiger partial charge >= 0.3 is 0 Å². The lowest BCUT2D eigenvalue weighted by molar-refractivity contribution is -0.368. The first-order valence-corrected chi connectivity index (χ1v) is 11.8. The number of rotatable bonds is 17. The maximum Gasteiger partial charge on any atom is 0.217 e. The van der Waals surface area contributed by atoms with Crippen molar-refractivity contribution in [1.82, 2.24) is 0 Å². The summed E-state index contributed by atoms with van der Waals surface area (Å²) in [4.78, 5) is 0. The molecular formula is C20H43NO4S. The summed E-state index contributed by atoms with van der Waals surface area (Å²) in [5.74, 6) is 0. The van der Waals surface area contributed by atoms with Crippen LogP contribution in [0, 0.1) is 0 Å². The van der Waals surface area contributed by atoms with E-state index in [0.29, 0.717) is 0 Å². The zero-order valence-corrected chi connectivity index (χ0v) is 18.0. The normalized spacial score (nSPS) is 11.5. The summed E-state index contributed by atoms with van der Waals surface area (Å²) in [6.45, 7) is 3.40. The molecule has 158 valence electrons. The van der Waals surface area contributed by atoms with Crippen LogP contribution in [0.15, 0.2) is 12.2 Å². The highest BCUT2D eigenvalue weighted by molar-refractivity contribution is 7.80. The minimum Gasteiger partial charge on any atom is -0.726 e. The summed E-state index contributed by atoms with van der Waals surface area (Å²) < 4.78 is 31.0. The molecule has 0 aliphatic carbocycles. The van der Waals surface area contributed by atoms with Gasteiger partial charge in [0.25, 0.3) is 0 Å². The molecule has 0 unspecified atom stereocenters. The van der Waals surface area contributed by atoms with Crippen LogP contribution in [-0.2, 0) is 14.6 Å². The van der Waals surface area contributed by atoms with Crippen LogP contribution < -0.4 is 5.73 Å². The van der Waals surface area contributed by atoms with E-state index in [0.717, 1.165) is 13.7 Å². The molecule has 0 rings (SSSR count). The van der Waals surface area contributed by atoms with Crippen LogP contribution in [0.3, 0.4) is 0 Å². The highest BCUT2D eigenvalue weighted by Crippen LogP contribution is 2.10. The third-order valence-electron chi connectivity index (χ3n) is 4.22. The molecule has 3 N–H and O–H groups in total. The van der Waals surface area contributed by atoms with E-state index in [1.165, 1.54) is 96.3 Å². The van der Waals surface area contributed by atoms with E-state index in [9.17, 15) is 13.0 Å². The Kier molecular flexibility index (Phi) is 24.2. The molecule has 0 radical (unpaired) electrons. The minimum atomic E-state index is -4.41. The predicted molar refractivity (Wildman–Crippen MR) is 109 cm³/mol. The fourth-order valence-electron chi connectivity index (χ4n) is 2.60. The molecule has 0 spiro atoms. The minimum absolute atomic E-state index is 0.808. The summed E-state index contributed by atoms with van der Waals surface area (Å²) >= 11 is 0. The van der Waals surface area contributed by atoms with Gasteiger partial charge in [-0.2, -0.15) is 0 Å². The van der Waals surface area contributed by atoms with Crippen molar-refractivity contribution in [2.75, 3.05) is 13.7 Å². The van der Waals surface area contributed by atoms with Gasteiger partial charge in [-0.05, 0) is 38.5 Å². The highest BCUT2D eigenvalue weighted by Gasteiger charge is 1.91. The van der Waals surface area contributed by atoms with Gasteiger partial charge in [0.1, 0.15) is 0 Å². The lowest BCUT2D eigenvalue weighted by atomic mass is 10.1. The van der Waals surface area contributed by atoms with Crippen LogP contribution in [0.1, 0.15) is 103 Å². The first-order valence-electron chi connectivity index (χ1n) is 10.4. The van der Waals surface area contributed by atoms with Gasteiger partial charge in [-0.15, -0.1) is 0 Å². The summed E-state index contributed by atoms with van der Waals surface area (Å²) in [5.41, 5.74) is 3.89. The van der Waals surface area contributed by atoms with Gasteiger partial charge in [0.05, 0.1) is 13.7 Å². The molecule has 0 saturated carbocycles. The van der Waals surface area contributed by atoms with Crippen LogP contribution in [0.4, 0.5) is 0 Å². The van der Waals surface area contributed by atoms with Crippen molar-refractivity contribution >= 4 is 10.4 Å². The highest BCUT2D eigenvalue weighted by atomic mass is 32.3. The molecule has 0 aromatic heterocycles. The number of unbranched alkanes of at least 4 members (excludes halogenated alkanes) is 13. The van der Waals surface area contributed by atoms with Crippen molar-refractivity contribution in [3.05, 3.63) is 12.2 Å². The summed E-state index contributed by atoms with van der Waals surface area (Å²) in [6.07, 6.45) is 25.7. The topological polar surface area (TPSA) is 94.1 Å². The largest absolute Gasteiger partial charge is 0.726 e. The van der Waals surface area contributed by atoms with Crippen molar-refractivity contribution in [2.45, 2.75) is 103 Å². The Hall–Kier alpha value is -0.430. The van der Waals surface area contributed by atoms with Crippen molar-refractivity contribution in [3.63, 3.8) is 0 Å². The van der Waals surface area contributed by atoms with E-state index in [4.69, 9.17) is 0 Å². The third-order valence-corrected chi connectivity index (χ3v) is 4.62. The fourth-order valence-corrected chi connectivity index (χ4v) is 2.60. The molecule has 6 heteroatoms. The molecule has 5 nitrogen and oxygen atoms in total. The second-order valence-corrected chi connectivity index (χ2v) is 7.87. The molecule has 26 heavy (non-hydrogen) atoms. The molecule has 0 heterocycles. The van der Waals surface area contributed by atoms with E-state index >= 15 is 0 Å². The zero-order valence-electron chi connectivity index (χ0n) is 17.2. The Morgan fingerprint density at radius 3 is 1.46 bits per heavy atom. The van der Waals surface area contributed by atoms with Crippen molar-refractivity contribution in [2.24, 2.45) is 0 Å². The van der Waals surface area contributed by atoms with Crippen LogP contribution in [-0.4, -0.2) is 26.6 Å². The summed E-state index contributed by atoms with van der Waals surface area (Å²) in [5, 5.41) is 0. The van der Waals surface area contributed by atoms with Crippen LogP contribution in [0.2, 0.25) is 0 Å². The summed E-state index contributed by atoms with van der Waals surface area (Å²) in [7, 11) is -3.60. The number of hydrogen-bond acceptors (Lipinski definition) is 4. The Bertz CT molecular complexity index is 383. The molecule has 0 bridgehead atoms. The summed E-state index contributed by atoms with van der Waals surface area (Å²) in [6, 6.07) is 0. The van der Waals surface area contributed by atoms with E-state index in [1.54, 1.807) is 0 Å². The number of hydrogen-bond donors (Lipinski definition) is 1. The molecule has 0 amide bonds. The van der Waals surface area contributed by atoms with Crippen LogP contribution >= 0.6 is 0 Å². The van der Waals surface area contributed by atoms with E-state index in [2.05, 4.69) is 29.0 Å². The molecule has 0 saturated heterocycles. The SMILES string of the molecule is CCCCCCCC/C=C\CCCCCCCCC[NH3+].COS(=O)(=O)[O-]. The zero-order chi connectivity index (χ0) is 19.9. The smallest absolute Gasteiger partial charge is 0.217 e. The van der Waals surface area contributed by atoms with Gasteiger partial charge in [-0.1, -0.05) is 76.9 Å². The maximum atomic E-state index is 9.22. The monoisotopic (exact) mass is 393 g/mol. The standard InChI is InChI=1S/C19H39N.CH4O4S/c1-2-3-4-5-6-7-8-9-10-11-12-13-14-15-16-17-18-19-20;1-5-6(2,3)4/h9-10H,2-8,11-20H2,1H3;1H3,(H,2,3,4)/b10-9-;. The van der Waals surface area contributed by atoms with Crippen molar-refractivity contribution in [1.29, 1.82) is 0 Å². The van der Waals surface area contributed by atoms with Gasteiger partial charge in [-0.3, -0.25) is 4.18 Å². The van der Waals surface area contributed by atoms with Gasteiger partial charge in [0.15, 0.2) is 0 Å². The second-order valence-electron chi connectivity index (χ2n) is 6.72. The molecule has 0 aromatic rings. The van der Waals surface area contributed by atoms with Crippen molar-refractivity contribution in [3.8, 4) is 0 Å². The van der Waals surface area contributed by atoms with Gasteiger partial charge in [0, 0.05) is 0 Å². The molecule has 0 aliphatic heterocycles. The van der Waals surface area contributed by atoms with Gasteiger partial charge in [-0.25, -0.2) is 8.42 Å². The van der Waals surface area contributed by atoms with E-state index in [-0.39, 0.29) is 0 Å². The number of quaternary nitrogens is 1. The van der Waals surface area contributed by atoms with Gasteiger partial charge in [0.2, 0.25) is 10.4 Å². The molecule has 0 atom stereocenters. The van der Waals surface area contributed by atoms with Crippen LogP contribution in [0.25, 0.3) is 0 Å². The van der Waals surface area contributed by atoms with E-state index in [1.807, 2.05) is 0 Å². The molecule has 0 fully saturated rings. The second kappa shape index (κ2) is 22.6. The average molecular weight is 394 g/mol. The van der Waals surface area contributed by atoms with Gasteiger partial charge < -0.3 is 10.3 Å². The average Bonchev–Trinajstić information content (AvgIpc) is 2.61.